The van der Waals surface area contributed by atoms with Gasteiger partial charge < -0.3 is 5.32 Å². The number of carbonyl (C=O) groups is 1. The molecule has 0 fully saturated rings. The Bertz CT molecular complexity index is 1070. The van der Waals surface area contributed by atoms with Crippen LogP contribution in [0.15, 0.2) is 42.5 Å². The van der Waals surface area contributed by atoms with Gasteiger partial charge >= 0.3 is 6.18 Å². The van der Waals surface area contributed by atoms with Crippen LogP contribution in [0.25, 0.3) is 0 Å². The van der Waals surface area contributed by atoms with Crippen molar-refractivity contribution >= 4 is 21.4 Å². The number of hydrogen-bond donors (Lipinski definition) is 1. The fourth-order valence-electron chi connectivity index (χ4n) is 2.85. The van der Waals surface area contributed by atoms with Gasteiger partial charge in [-0.05, 0) is 42.8 Å². The Balaban J connectivity index is 2.48. The molecule has 5 nitrogen and oxygen atoms in total. The number of amides is 1. The Morgan fingerprint density at radius 3 is 2.21 bits per heavy atom. The molecule has 2 aromatic carbocycles. The van der Waals surface area contributed by atoms with Gasteiger partial charge in [0.05, 0.1) is 28.4 Å². The van der Waals surface area contributed by atoms with Gasteiger partial charge in [0.1, 0.15) is 15.7 Å². The first-order chi connectivity index (χ1) is 13.3. The van der Waals surface area contributed by atoms with Crippen molar-refractivity contribution in [2.24, 2.45) is 0 Å². The number of halogens is 4. The molecule has 1 unspecified atom stereocenters. The zero-order chi connectivity index (χ0) is 22.0. The van der Waals surface area contributed by atoms with Crippen LogP contribution in [0.3, 0.4) is 0 Å². The molecule has 2 rings (SSSR count). The fourth-order valence-corrected chi connectivity index (χ4v) is 4.19. The van der Waals surface area contributed by atoms with Gasteiger partial charge in [0.25, 0.3) is 0 Å². The Hall–Kier alpha value is -2.93. The Labute approximate surface area is 164 Å². The van der Waals surface area contributed by atoms with Crippen molar-refractivity contribution in [3.8, 4) is 6.07 Å². The predicted octanol–water partition coefficient (Wildman–Crippen LogP) is 3.66. The highest BCUT2D eigenvalue weighted by molar-refractivity contribution is 7.90. The molecule has 0 aliphatic heterocycles. The lowest BCUT2D eigenvalue weighted by atomic mass is 9.83. The van der Waals surface area contributed by atoms with Gasteiger partial charge in [-0.15, -0.1) is 0 Å². The molecular weight excluding hydrogens is 412 g/mol. The molecule has 0 heterocycles. The second-order valence-corrected chi connectivity index (χ2v) is 8.87. The number of nitrogens with zero attached hydrogens (tertiary/aromatic N) is 1. The van der Waals surface area contributed by atoms with Crippen LogP contribution in [0, 0.1) is 17.1 Å². The third kappa shape index (κ3) is 5.32. The number of benzene rings is 2. The van der Waals surface area contributed by atoms with E-state index in [1.807, 2.05) is 0 Å². The quantitative estimate of drug-likeness (QED) is 0.737. The van der Waals surface area contributed by atoms with Crippen molar-refractivity contribution < 1.29 is 30.8 Å². The lowest BCUT2D eigenvalue weighted by Crippen LogP contribution is -2.43. The third-order valence-corrected chi connectivity index (χ3v) is 5.34. The SMILES string of the molecule is CC(CS(C)(=O)=O)(C(=O)Nc1ccc(C#N)c(C(F)(F)F)c1)c1ccc(F)cc1. The summed E-state index contributed by atoms with van der Waals surface area (Å²) in [5, 5.41) is 11.1. The number of hydrogen-bond acceptors (Lipinski definition) is 4. The molecule has 0 aromatic heterocycles. The van der Waals surface area contributed by atoms with Crippen LogP contribution in [-0.4, -0.2) is 26.3 Å². The van der Waals surface area contributed by atoms with E-state index in [0.717, 1.165) is 30.5 Å². The van der Waals surface area contributed by atoms with Crippen LogP contribution in [0.1, 0.15) is 23.6 Å². The first kappa shape index (κ1) is 22.4. The van der Waals surface area contributed by atoms with Crippen LogP contribution in [0.5, 0.6) is 0 Å². The van der Waals surface area contributed by atoms with E-state index in [2.05, 4.69) is 5.32 Å². The van der Waals surface area contributed by atoms with E-state index in [1.165, 1.54) is 25.1 Å². The number of alkyl halides is 3. The maximum atomic E-state index is 13.2. The predicted molar refractivity (Wildman–Crippen MR) is 98.3 cm³/mol. The van der Waals surface area contributed by atoms with E-state index in [0.29, 0.717) is 6.07 Å². The summed E-state index contributed by atoms with van der Waals surface area (Å²) in [5.41, 5.74) is -3.64. The van der Waals surface area contributed by atoms with Gasteiger partial charge in [0.15, 0.2) is 0 Å². The number of carbonyl (C=O) groups excluding carboxylic acids is 1. The van der Waals surface area contributed by atoms with E-state index in [-0.39, 0.29) is 11.3 Å². The molecule has 1 amide bonds. The highest BCUT2D eigenvalue weighted by Crippen LogP contribution is 2.34. The summed E-state index contributed by atoms with van der Waals surface area (Å²) < 4.78 is 76.4. The second kappa shape index (κ2) is 7.83. The van der Waals surface area contributed by atoms with Gasteiger partial charge in [-0.25, -0.2) is 12.8 Å². The van der Waals surface area contributed by atoms with E-state index in [4.69, 9.17) is 5.26 Å². The summed E-state index contributed by atoms with van der Waals surface area (Å²) in [6.07, 6.45) is -3.91. The first-order valence-corrected chi connectivity index (χ1v) is 10.2. The Morgan fingerprint density at radius 2 is 1.72 bits per heavy atom. The number of rotatable bonds is 5. The molecule has 10 heteroatoms. The highest BCUT2D eigenvalue weighted by atomic mass is 32.2. The number of sulfone groups is 1. The van der Waals surface area contributed by atoms with Crippen molar-refractivity contribution in [1.82, 2.24) is 0 Å². The molecule has 29 heavy (non-hydrogen) atoms. The minimum absolute atomic E-state index is 0.173. The number of nitriles is 1. The van der Waals surface area contributed by atoms with Crippen molar-refractivity contribution in [2.75, 3.05) is 17.3 Å². The summed E-state index contributed by atoms with van der Waals surface area (Å²) in [7, 11) is -3.70. The van der Waals surface area contributed by atoms with Crippen LogP contribution in [0.4, 0.5) is 23.2 Å². The lowest BCUT2D eigenvalue weighted by Gasteiger charge is -2.28. The maximum Gasteiger partial charge on any atom is 0.417 e. The zero-order valence-corrected chi connectivity index (χ0v) is 16.2. The molecule has 0 spiro atoms. The third-order valence-electron chi connectivity index (χ3n) is 4.24. The average molecular weight is 428 g/mol. The topological polar surface area (TPSA) is 87.0 Å². The standard InChI is InChI=1S/C19H16F4N2O3S/c1-18(11-29(2,27)28,13-4-6-14(20)7-5-13)17(26)25-15-8-3-12(10-24)16(9-15)19(21,22)23/h3-9H,11H2,1-2H3,(H,25,26). The zero-order valence-electron chi connectivity index (χ0n) is 15.3. The van der Waals surface area contributed by atoms with Crippen molar-refractivity contribution in [2.45, 2.75) is 18.5 Å². The molecule has 0 saturated heterocycles. The van der Waals surface area contributed by atoms with Crippen molar-refractivity contribution in [1.29, 1.82) is 5.26 Å². The minimum atomic E-state index is -4.82. The van der Waals surface area contributed by atoms with Gasteiger partial charge in [-0.2, -0.15) is 18.4 Å². The fraction of sp³-hybridized carbons (Fsp3) is 0.263. The molecule has 0 radical (unpaired) electrons. The van der Waals surface area contributed by atoms with Crippen LogP contribution < -0.4 is 5.32 Å². The van der Waals surface area contributed by atoms with Crippen LogP contribution in [-0.2, 0) is 26.2 Å². The average Bonchev–Trinajstić information content (AvgIpc) is 2.59. The maximum absolute atomic E-state index is 13.2. The molecule has 1 atom stereocenters. The smallest absolute Gasteiger partial charge is 0.325 e. The van der Waals surface area contributed by atoms with Gasteiger partial charge in [-0.3, -0.25) is 4.79 Å². The number of nitrogens with one attached hydrogen (secondary N) is 1. The highest BCUT2D eigenvalue weighted by Gasteiger charge is 2.39. The van der Waals surface area contributed by atoms with E-state index in [9.17, 15) is 30.8 Å². The normalized spacial score (nSPS) is 14.0. The lowest BCUT2D eigenvalue weighted by molar-refractivity contribution is -0.137. The summed E-state index contributed by atoms with van der Waals surface area (Å²) in [6, 6.07) is 8.61. The Morgan fingerprint density at radius 1 is 1.14 bits per heavy atom. The van der Waals surface area contributed by atoms with Gasteiger partial charge in [0, 0.05) is 11.9 Å². The van der Waals surface area contributed by atoms with Crippen molar-refractivity contribution in [3.63, 3.8) is 0 Å². The molecule has 0 aliphatic rings. The van der Waals surface area contributed by atoms with E-state index < -0.39 is 50.0 Å². The molecule has 154 valence electrons. The van der Waals surface area contributed by atoms with E-state index >= 15 is 0 Å². The summed E-state index contributed by atoms with van der Waals surface area (Å²) >= 11 is 0. The summed E-state index contributed by atoms with van der Waals surface area (Å²) in [6.45, 7) is 1.30. The molecule has 0 aliphatic carbocycles. The molecule has 1 N–H and O–H groups in total. The van der Waals surface area contributed by atoms with Crippen LogP contribution >= 0.6 is 0 Å². The minimum Gasteiger partial charge on any atom is -0.325 e. The molecular formula is C19H16F4N2O3S. The summed E-state index contributed by atoms with van der Waals surface area (Å²) in [5.74, 6) is -2.15. The van der Waals surface area contributed by atoms with Gasteiger partial charge in [0.2, 0.25) is 5.91 Å². The molecule has 0 saturated carbocycles. The molecule has 0 bridgehead atoms. The van der Waals surface area contributed by atoms with Gasteiger partial charge in [-0.1, -0.05) is 12.1 Å². The second-order valence-electron chi connectivity index (χ2n) is 6.73. The largest absolute Gasteiger partial charge is 0.417 e. The van der Waals surface area contributed by atoms with Crippen molar-refractivity contribution in [3.05, 3.63) is 65.0 Å². The van der Waals surface area contributed by atoms with Crippen LogP contribution in [0.2, 0.25) is 0 Å². The summed E-state index contributed by atoms with van der Waals surface area (Å²) in [4.78, 5) is 12.9. The first-order valence-electron chi connectivity index (χ1n) is 8.13. The Kier molecular flexibility index (Phi) is 6.04. The number of anilines is 1. The monoisotopic (exact) mass is 428 g/mol. The van der Waals surface area contributed by atoms with E-state index in [1.54, 1.807) is 0 Å². The molecule has 2 aromatic rings.